The van der Waals surface area contributed by atoms with Gasteiger partial charge in [0, 0.05) is 5.69 Å². The molecule has 86 valence electrons. The van der Waals surface area contributed by atoms with E-state index in [1.54, 1.807) is 38.1 Å². The normalized spacial score (nSPS) is 11.1. The molecule has 0 aliphatic carbocycles. The van der Waals surface area contributed by atoms with Crippen LogP contribution < -0.4 is 5.73 Å². The Bertz CT molecular complexity index is 415. The Balaban J connectivity index is 0.00000196. The smallest absolute Gasteiger partial charge is 0.156 e. The Hall–Kier alpha value is -0.740. The van der Waals surface area contributed by atoms with E-state index in [0.717, 1.165) is 5.56 Å². The van der Waals surface area contributed by atoms with Crippen molar-refractivity contribution in [3.8, 4) is 0 Å². The highest BCUT2D eigenvalue weighted by molar-refractivity contribution is 7.91. The summed E-state index contributed by atoms with van der Waals surface area (Å²) >= 11 is 0. The van der Waals surface area contributed by atoms with E-state index in [4.69, 9.17) is 5.73 Å². The van der Waals surface area contributed by atoms with Gasteiger partial charge in [-0.1, -0.05) is 12.1 Å². The average molecular weight is 250 g/mol. The summed E-state index contributed by atoms with van der Waals surface area (Å²) in [6.07, 6.45) is 0. The van der Waals surface area contributed by atoms with Crippen molar-refractivity contribution in [1.82, 2.24) is 0 Å². The largest absolute Gasteiger partial charge is 0.399 e. The highest BCUT2D eigenvalue weighted by Crippen LogP contribution is 2.13. The van der Waals surface area contributed by atoms with Gasteiger partial charge in [0.2, 0.25) is 0 Å². The molecule has 0 bridgehead atoms. The average Bonchev–Trinajstić information content (AvgIpc) is 2.02. The monoisotopic (exact) mass is 249 g/mol. The lowest BCUT2D eigenvalue weighted by molar-refractivity contribution is 0.586. The first-order valence-electron chi connectivity index (χ1n) is 4.48. The Morgan fingerprint density at radius 2 is 1.93 bits per heavy atom. The summed E-state index contributed by atoms with van der Waals surface area (Å²) in [4.78, 5) is 0. The SMILES string of the molecule is CC(C)S(=O)(=O)Cc1cccc(N)c1.Cl. The van der Waals surface area contributed by atoms with E-state index in [9.17, 15) is 8.42 Å². The molecule has 0 heterocycles. The predicted octanol–water partition coefficient (Wildman–Crippen LogP) is 2.01. The lowest BCUT2D eigenvalue weighted by atomic mass is 10.2. The van der Waals surface area contributed by atoms with E-state index in [1.165, 1.54) is 0 Å². The van der Waals surface area contributed by atoms with Crippen molar-refractivity contribution < 1.29 is 8.42 Å². The molecule has 0 saturated carbocycles. The van der Waals surface area contributed by atoms with Crippen molar-refractivity contribution in [3.63, 3.8) is 0 Å². The molecule has 0 unspecified atom stereocenters. The minimum Gasteiger partial charge on any atom is -0.399 e. The molecule has 0 aromatic heterocycles. The van der Waals surface area contributed by atoms with Crippen LogP contribution in [0.25, 0.3) is 0 Å². The lowest BCUT2D eigenvalue weighted by Gasteiger charge is -2.07. The number of sulfone groups is 1. The minimum absolute atomic E-state index is 0. The fraction of sp³-hybridized carbons (Fsp3) is 0.400. The molecule has 1 aromatic carbocycles. The zero-order chi connectivity index (χ0) is 10.8. The van der Waals surface area contributed by atoms with Crippen molar-refractivity contribution in [3.05, 3.63) is 29.8 Å². The van der Waals surface area contributed by atoms with Gasteiger partial charge in [-0.3, -0.25) is 0 Å². The van der Waals surface area contributed by atoms with Gasteiger partial charge in [-0.15, -0.1) is 12.4 Å². The van der Waals surface area contributed by atoms with E-state index >= 15 is 0 Å². The number of benzene rings is 1. The quantitative estimate of drug-likeness (QED) is 0.834. The maximum absolute atomic E-state index is 11.6. The van der Waals surface area contributed by atoms with Gasteiger partial charge in [-0.05, 0) is 31.5 Å². The van der Waals surface area contributed by atoms with Crippen molar-refractivity contribution in [2.24, 2.45) is 0 Å². The van der Waals surface area contributed by atoms with Crippen LogP contribution in [0, 0.1) is 0 Å². The summed E-state index contributed by atoms with van der Waals surface area (Å²) in [6.45, 7) is 3.36. The first kappa shape index (κ1) is 14.3. The number of nitrogens with two attached hydrogens (primary N) is 1. The second-order valence-electron chi connectivity index (χ2n) is 3.60. The lowest BCUT2D eigenvalue weighted by Crippen LogP contribution is -2.16. The Morgan fingerprint density at radius 3 is 2.40 bits per heavy atom. The topological polar surface area (TPSA) is 60.2 Å². The molecule has 0 saturated heterocycles. The van der Waals surface area contributed by atoms with Crippen molar-refractivity contribution in [1.29, 1.82) is 0 Å². The summed E-state index contributed by atoms with van der Waals surface area (Å²) in [6, 6.07) is 6.97. The minimum atomic E-state index is -3.02. The molecule has 1 aromatic rings. The van der Waals surface area contributed by atoms with Gasteiger partial charge >= 0.3 is 0 Å². The number of anilines is 1. The second-order valence-corrected chi connectivity index (χ2v) is 6.16. The van der Waals surface area contributed by atoms with Gasteiger partial charge < -0.3 is 5.73 Å². The maximum Gasteiger partial charge on any atom is 0.156 e. The van der Waals surface area contributed by atoms with Crippen LogP contribution in [0.4, 0.5) is 5.69 Å². The standard InChI is InChI=1S/C10H15NO2S.ClH/c1-8(2)14(12,13)7-9-4-3-5-10(11)6-9;/h3-6,8H,7,11H2,1-2H3;1H. The zero-order valence-corrected chi connectivity index (χ0v) is 10.4. The number of rotatable bonds is 3. The first-order valence-corrected chi connectivity index (χ1v) is 6.19. The van der Waals surface area contributed by atoms with Gasteiger partial charge in [0.05, 0.1) is 11.0 Å². The summed E-state index contributed by atoms with van der Waals surface area (Å²) in [7, 11) is -3.02. The molecular weight excluding hydrogens is 234 g/mol. The highest BCUT2D eigenvalue weighted by Gasteiger charge is 2.16. The number of nitrogen functional groups attached to an aromatic ring is 1. The molecule has 5 heteroatoms. The predicted molar refractivity (Wildman–Crippen MR) is 65.9 cm³/mol. The van der Waals surface area contributed by atoms with E-state index < -0.39 is 9.84 Å². The molecule has 0 atom stereocenters. The number of hydrogen-bond donors (Lipinski definition) is 1. The Morgan fingerprint density at radius 1 is 1.33 bits per heavy atom. The van der Waals surface area contributed by atoms with Crippen molar-refractivity contribution in [2.75, 3.05) is 5.73 Å². The summed E-state index contributed by atoms with van der Waals surface area (Å²) in [5.74, 6) is 0.0652. The highest BCUT2D eigenvalue weighted by atomic mass is 35.5. The van der Waals surface area contributed by atoms with Crippen molar-refractivity contribution in [2.45, 2.75) is 24.9 Å². The molecule has 3 nitrogen and oxygen atoms in total. The van der Waals surface area contributed by atoms with E-state index in [1.807, 2.05) is 0 Å². The molecule has 2 N–H and O–H groups in total. The zero-order valence-electron chi connectivity index (χ0n) is 8.80. The Labute approximate surface area is 97.0 Å². The van der Waals surface area contributed by atoms with Crippen LogP contribution in [0.1, 0.15) is 19.4 Å². The van der Waals surface area contributed by atoms with Crippen molar-refractivity contribution >= 4 is 27.9 Å². The van der Waals surface area contributed by atoms with Gasteiger partial charge in [0.15, 0.2) is 9.84 Å². The number of halogens is 1. The summed E-state index contributed by atoms with van der Waals surface area (Å²) in [5.41, 5.74) is 6.91. The maximum atomic E-state index is 11.6. The van der Waals surface area contributed by atoms with E-state index in [-0.39, 0.29) is 23.4 Å². The fourth-order valence-corrected chi connectivity index (χ4v) is 2.06. The van der Waals surface area contributed by atoms with Crippen LogP contribution in [-0.2, 0) is 15.6 Å². The summed E-state index contributed by atoms with van der Waals surface area (Å²) < 4.78 is 23.1. The third-order valence-electron chi connectivity index (χ3n) is 2.04. The van der Waals surface area contributed by atoms with Crippen LogP contribution in [-0.4, -0.2) is 13.7 Å². The third kappa shape index (κ3) is 4.10. The first-order chi connectivity index (χ1) is 6.42. The molecule has 0 fully saturated rings. The van der Waals surface area contributed by atoms with Crippen LogP contribution in [0.5, 0.6) is 0 Å². The Kier molecular flexibility index (Phi) is 5.11. The van der Waals surface area contributed by atoms with E-state index in [0.29, 0.717) is 5.69 Å². The van der Waals surface area contributed by atoms with Crippen LogP contribution in [0.3, 0.4) is 0 Å². The van der Waals surface area contributed by atoms with Gasteiger partial charge in [0.1, 0.15) is 0 Å². The van der Waals surface area contributed by atoms with Crippen LogP contribution >= 0.6 is 12.4 Å². The molecule has 0 spiro atoms. The van der Waals surface area contributed by atoms with Gasteiger partial charge in [-0.25, -0.2) is 8.42 Å². The summed E-state index contributed by atoms with van der Waals surface area (Å²) in [5, 5.41) is -0.344. The molecule has 0 radical (unpaired) electrons. The second kappa shape index (κ2) is 5.37. The number of hydrogen-bond acceptors (Lipinski definition) is 3. The van der Waals surface area contributed by atoms with Gasteiger partial charge in [-0.2, -0.15) is 0 Å². The van der Waals surface area contributed by atoms with E-state index in [2.05, 4.69) is 0 Å². The molecule has 15 heavy (non-hydrogen) atoms. The van der Waals surface area contributed by atoms with Crippen LogP contribution in [0.2, 0.25) is 0 Å². The molecule has 0 aliphatic heterocycles. The fourth-order valence-electron chi connectivity index (χ4n) is 1.08. The molecular formula is C10H16ClNO2S. The molecule has 0 amide bonds. The molecule has 1 rings (SSSR count). The van der Waals surface area contributed by atoms with Gasteiger partial charge in [0.25, 0.3) is 0 Å². The van der Waals surface area contributed by atoms with Crippen LogP contribution in [0.15, 0.2) is 24.3 Å². The molecule has 0 aliphatic rings. The third-order valence-corrected chi connectivity index (χ3v) is 4.21.